The van der Waals surface area contributed by atoms with Crippen LogP contribution in [0.4, 0.5) is 0 Å². The van der Waals surface area contributed by atoms with Crippen molar-refractivity contribution >= 4 is 28.8 Å². The van der Waals surface area contributed by atoms with Crippen LogP contribution in [-0.4, -0.2) is 52.9 Å². The van der Waals surface area contributed by atoms with E-state index < -0.39 is 0 Å². The van der Waals surface area contributed by atoms with E-state index in [1.807, 2.05) is 47.4 Å². The van der Waals surface area contributed by atoms with Gasteiger partial charge in [-0.1, -0.05) is 54.1 Å². The SMILES string of the molecule is O=C(C1CC(c2ccccc2)NN1)N1CCN(Cc2nc(-c3ccc(Cl)cc3)cs2)CC1. The number of carbonyl (C=O) groups is 1. The molecule has 1 amide bonds. The molecule has 2 aliphatic rings. The molecule has 0 saturated carbocycles. The lowest BCUT2D eigenvalue weighted by atomic mass is 10.0. The first-order chi connectivity index (χ1) is 15.7. The highest BCUT2D eigenvalue weighted by Crippen LogP contribution is 2.25. The monoisotopic (exact) mass is 467 g/mol. The molecular formula is C24H26ClN5OS. The Kier molecular flexibility index (Phi) is 6.52. The van der Waals surface area contributed by atoms with Crippen molar-refractivity contribution in [1.82, 2.24) is 25.6 Å². The van der Waals surface area contributed by atoms with E-state index in [2.05, 4.69) is 33.3 Å². The number of halogens is 1. The fourth-order valence-electron chi connectivity index (χ4n) is 4.30. The number of nitrogens with one attached hydrogen (secondary N) is 2. The summed E-state index contributed by atoms with van der Waals surface area (Å²) in [6, 6.07) is 18.1. The minimum Gasteiger partial charge on any atom is -0.339 e. The summed E-state index contributed by atoms with van der Waals surface area (Å²) in [4.78, 5) is 22.2. The number of hydrogen-bond donors (Lipinski definition) is 2. The fourth-order valence-corrected chi connectivity index (χ4v) is 5.27. The van der Waals surface area contributed by atoms with Crippen LogP contribution in [0.3, 0.4) is 0 Å². The molecule has 1 aromatic heterocycles. The number of thiazole rings is 1. The van der Waals surface area contributed by atoms with Crippen molar-refractivity contribution in [2.75, 3.05) is 26.2 Å². The van der Waals surface area contributed by atoms with Gasteiger partial charge in [0.25, 0.3) is 0 Å². The molecule has 8 heteroatoms. The Balaban J connectivity index is 1.11. The van der Waals surface area contributed by atoms with Crippen molar-refractivity contribution in [2.45, 2.75) is 25.0 Å². The molecule has 0 spiro atoms. The number of benzene rings is 2. The zero-order chi connectivity index (χ0) is 21.9. The highest BCUT2D eigenvalue weighted by molar-refractivity contribution is 7.09. The normalized spacial score (nSPS) is 21.7. The van der Waals surface area contributed by atoms with Crippen LogP contribution in [0.2, 0.25) is 5.02 Å². The van der Waals surface area contributed by atoms with E-state index in [9.17, 15) is 4.79 Å². The van der Waals surface area contributed by atoms with Crippen LogP contribution in [0.5, 0.6) is 0 Å². The highest BCUT2D eigenvalue weighted by atomic mass is 35.5. The minimum atomic E-state index is -0.173. The number of piperazine rings is 1. The predicted octanol–water partition coefficient (Wildman–Crippen LogP) is 3.72. The van der Waals surface area contributed by atoms with Gasteiger partial charge in [0, 0.05) is 48.2 Å². The number of amides is 1. The second kappa shape index (κ2) is 9.68. The van der Waals surface area contributed by atoms with Gasteiger partial charge < -0.3 is 4.90 Å². The Morgan fingerprint density at radius 2 is 1.78 bits per heavy atom. The molecule has 5 rings (SSSR count). The van der Waals surface area contributed by atoms with E-state index in [0.717, 1.165) is 60.4 Å². The second-order valence-corrected chi connectivity index (χ2v) is 9.65. The Bertz CT molecular complexity index is 1050. The van der Waals surface area contributed by atoms with Gasteiger partial charge in [0.2, 0.25) is 5.91 Å². The van der Waals surface area contributed by atoms with E-state index in [0.29, 0.717) is 0 Å². The average molecular weight is 468 g/mol. The Morgan fingerprint density at radius 3 is 2.53 bits per heavy atom. The Labute approximate surface area is 197 Å². The molecule has 2 unspecified atom stereocenters. The first-order valence-electron chi connectivity index (χ1n) is 10.9. The van der Waals surface area contributed by atoms with Crippen LogP contribution in [0.1, 0.15) is 23.0 Å². The molecule has 2 fully saturated rings. The van der Waals surface area contributed by atoms with Gasteiger partial charge in [0.15, 0.2) is 0 Å². The topological polar surface area (TPSA) is 60.5 Å². The fraction of sp³-hybridized carbons (Fsp3) is 0.333. The third kappa shape index (κ3) is 4.87. The molecule has 0 aliphatic carbocycles. The largest absolute Gasteiger partial charge is 0.339 e. The van der Waals surface area contributed by atoms with Gasteiger partial charge in [-0.25, -0.2) is 15.8 Å². The van der Waals surface area contributed by atoms with Crippen molar-refractivity contribution in [1.29, 1.82) is 0 Å². The summed E-state index contributed by atoms with van der Waals surface area (Å²) in [5.41, 5.74) is 9.77. The molecule has 166 valence electrons. The first kappa shape index (κ1) is 21.6. The number of rotatable bonds is 5. The Hall–Kier alpha value is -2.29. The third-order valence-electron chi connectivity index (χ3n) is 6.14. The van der Waals surface area contributed by atoms with Crippen LogP contribution in [0.25, 0.3) is 11.3 Å². The maximum atomic E-state index is 13.0. The first-order valence-corrected chi connectivity index (χ1v) is 12.2. The number of carbonyl (C=O) groups excluding carboxylic acids is 1. The summed E-state index contributed by atoms with van der Waals surface area (Å²) in [5, 5.41) is 3.93. The van der Waals surface area contributed by atoms with Crippen molar-refractivity contribution < 1.29 is 4.79 Å². The van der Waals surface area contributed by atoms with Crippen molar-refractivity contribution in [3.05, 3.63) is 75.6 Å². The zero-order valence-corrected chi connectivity index (χ0v) is 19.3. The maximum absolute atomic E-state index is 13.0. The number of aromatic nitrogens is 1. The lowest BCUT2D eigenvalue weighted by Gasteiger charge is -2.35. The summed E-state index contributed by atoms with van der Waals surface area (Å²) in [5.74, 6) is 0.190. The molecular weight excluding hydrogens is 442 g/mol. The summed E-state index contributed by atoms with van der Waals surface area (Å²) >= 11 is 7.67. The Morgan fingerprint density at radius 1 is 1.03 bits per heavy atom. The van der Waals surface area contributed by atoms with Gasteiger partial charge in [-0.05, 0) is 24.1 Å². The van der Waals surface area contributed by atoms with Crippen LogP contribution in [0.15, 0.2) is 60.0 Å². The second-order valence-electron chi connectivity index (χ2n) is 8.28. The minimum absolute atomic E-state index is 0.172. The van der Waals surface area contributed by atoms with Gasteiger partial charge in [-0.2, -0.15) is 0 Å². The standard InChI is InChI=1S/C24H26ClN5OS/c25-19-8-6-18(7-9-19)22-16-32-23(26-22)15-29-10-12-30(13-11-29)24(31)21-14-20(27-28-21)17-4-2-1-3-5-17/h1-9,16,20-21,27-28H,10-15H2. The predicted molar refractivity (Wildman–Crippen MR) is 128 cm³/mol. The van der Waals surface area contributed by atoms with E-state index in [1.54, 1.807) is 11.3 Å². The molecule has 2 aromatic carbocycles. The molecule has 2 N–H and O–H groups in total. The van der Waals surface area contributed by atoms with Crippen molar-refractivity contribution in [2.24, 2.45) is 0 Å². The summed E-state index contributed by atoms with van der Waals surface area (Å²) in [6.45, 7) is 4.05. The molecule has 0 bridgehead atoms. The van der Waals surface area contributed by atoms with Gasteiger partial charge in [-0.15, -0.1) is 11.3 Å². The van der Waals surface area contributed by atoms with Crippen molar-refractivity contribution in [3.8, 4) is 11.3 Å². The van der Waals surface area contributed by atoms with Crippen LogP contribution in [0, 0.1) is 0 Å². The quantitative estimate of drug-likeness (QED) is 0.599. The molecule has 2 aliphatic heterocycles. The highest BCUT2D eigenvalue weighted by Gasteiger charge is 2.34. The van der Waals surface area contributed by atoms with Crippen LogP contribution in [-0.2, 0) is 11.3 Å². The molecule has 2 saturated heterocycles. The van der Waals surface area contributed by atoms with Crippen LogP contribution < -0.4 is 10.9 Å². The lowest BCUT2D eigenvalue weighted by Crippen LogP contribution is -2.53. The van der Waals surface area contributed by atoms with E-state index in [-0.39, 0.29) is 18.0 Å². The molecule has 6 nitrogen and oxygen atoms in total. The van der Waals surface area contributed by atoms with Gasteiger partial charge in [-0.3, -0.25) is 9.69 Å². The lowest BCUT2D eigenvalue weighted by molar-refractivity contribution is -0.135. The summed E-state index contributed by atoms with van der Waals surface area (Å²) in [7, 11) is 0. The maximum Gasteiger partial charge on any atom is 0.241 e. The molecule has 32 heavy (non-hydrogen) atoms. The van der Waals surface area contributed by atoms with Gasteiger partial charge in [0.1, 0.15) is 11.0 Å². The number of nitrogens with zero attached hydrogens (tertiary/aromatic N) is 3. The van der Waals surface area contributed by atoms with E-state index >= 15 is 0 Å². The van der Waals surface area contributed by atoms with E-state index in [1.165, 1.54) is 5.56 Å². The zero-order valence-electron chi connectivity index (χ0n) is 17.7. The number of hydrogen-bond acceptors (Lipinski definition) is 6. The smallest absolute Gasteiger partial charge is 0.241 e. The summed E-state index contributed by atoms with van der Waals surface area (Å²) in [6.07, 6.45) is 0.773. The molecule has 3 heterocycles. The third-order valence-corrected chi connectivity index (χ3v) is 7.22. The van der Waals surface area contributed by atoms with Gasteiger partial charge >= 0.3 is 0 Å². The van der Waals surface area contributed by atoms with E-state index in [4.69, 9.17) is 16.6 Å². The molecule has 3 aromatic rings. The molecule has 0 radical (unpaired) electrons. The van der Waals surface area contributed by atoms with Crippen molar-refractivity contribution in [3.63, 3.8) is 0 Å². The van der Waals surface area contributed by atoms with Gasteiger partial charge in [0.05, 0.1) is 12.2 Å². The average Bonchev–Trinajstić information content (AvgIpc) is 3.51. The van der Waals surface area contributed by atoms with Crippen LogP contribution >= 0.6 is 22.9 Å². The number of hydrazine groups is 1. The summed E-state index contributed by atoms with van der Waals surface area (Å²) < 4.78 is 0. The molecule has 2 atom stereocenters.